The van der Waals surface area contributed by atoms with Crippen molar-refractivity contribution in [3.63, 3.8) is 0 Å². The molecule has 0 spiro atoms. The first kappa shape index (κ1) is 20.5. The molecule has 1 amide bonds. The van der Waals surface area contributed by atoms with E-state index in [1.807, 2.05) is 42.5 Å². The van der Waals surface area contributed by atoms with E-state index in [0.29, 0.717) is 54.9 Å². The number of piperidine rings is 1. The number of nitrogens with zero attached hydrogens (tertiary/aromatic N) is 1. The number of para-hydroxylation sites is 1. The molecule has 30 heavy (non-hydrogen) atoms. The van der Waals surface area contributed by atoms with Crippen molar-refractivity contribution >= 4 is 5.91 Å². The summed E-state index contributed by atoms with van der Waals surface area (Å²) in [6, 6.07) is 13.3. The summed E-state index contributed by atoms with van der Waals surface area (Å²) < 4.78 is 17.3. The molecule has 0 aromatic heterocycles. The molecule has 2 aliphatic rings. The molecule has 2 heterocycles. The van der Waals surface area contributed by atoms with Gasteiger partial charge in [-0.05, 0) is 42.2 Å². The Kier molecular flexibility index (Phi) is 6.13. The second-order valence-corrected chi connectivity index (χ2v) is 8.34. The summed E-state index contributed by atoms with van der Waals surface area (Å²) in [5.41, 5.74) is 1.88. The number of rotatable bonds is 5. The molecule has 1 fully saturated rings. The number of carbonyl (C=O) groups is 1. The van der Waals surface area contributed by atoms with Gasteiger partial charge in [0.25, 0.3) is 5.91 Å². The Morgan fingerprint density at radius 3 is 2.67 bits per heavy atom. The van der Waals surface area contributed by atoms with E-state index in [-0.39, 0.29) is 12.5 Å². The van der Waals surface area contributed by atoms with Crippen LogP contribution in [0.2, 0.25) is 0 Å². The van der Waals surface area contributed by atoms with Gasteiger partial charge in [-0.25, -0.2) is 0 Å². The van der Waals surface area contributed by atoms with Crippen LogP contribution in [0.3, 0.4) is 0 Å². The second kappa shape index (κ2) is 8.96. The third-order valence-electron chi connectivity index (χ3n) is 5.46. The summed E-state index contributed by atoms with van der Waals surface area (Å²) >= 11 is 0. The number of aliphatic hydroxyl groups excluding tert-OH is 1. The number of likely N-dealkylation sites (tertiary alicyclic amines) is 1. The number of fused-ring (bicyclic) bond motifs is 1. The highest BCUT2D eigenvalue weighted by atomic mass is 16.6. The number of ether oxygens (including phenoxy) is 3. The van der Waals surface area contributed by atoms with Crippen molar-refractivity contribution in [2.75, 3.05) is 26.3 Å². The van der Waals surface area contributed by atoms with Crippen LogP contribution in [0.25, 0.3) is 0 Å². The quantitative estimate of drug-likeness (QED) is 0.818. The van der Waals surface area contributed by atoms with Crippen LogP contribution in [0.15, 0.2) is 42.5 Å². The van der Waals surface area contributed by atoms with Gasteiger partial charge in [0.1, 0.15) is 25.4 Å². The zero-order valence-corrected chi connectivity index (χ0v) is 17.5. The fraction of sp³-hybridized carbons (Fsp3) is 0.458. The van der Waals surface area contributed by atoms with Crippen molar-refractivity contribution in [3.05, 3.63) is 53.6 Å². The van der Waals surface area contributed by atoms with Crippen LogP contribution in [-0.2, 0) is 6.42 Å². The van der Waals surface area contributed by atoms with Crippen molar-refractivity contribution in [2.45, 2.75) is 38.9 Å². The Balaban J connectivity index is 1.38. The van der Waals surface area contributed by atoms with Crippen LogP contribution in [-0.4, -0.2) is 54.4 Å². The number of amides is 1. The summed E-state index contributed by atoms with van der Waals surface area (Å²) in [6.45, 7) is 6.11. The van der Waals surface area contributed by atoms with Gasteiger partial charge in [0.2, 0.25) is 5.75 Å². The summed E-state index contributed by atoms with van der Waals surface area (Å²) in [7, 11) is 0. The molecule has 4 rings (SSSR count). The van der Waals surface area contributed by atoms with Crippen LogP contribution < -0.4 is 14.2 Å². The van der Waals surface area contributed by atoms with Crippen LogP contribution in [0.1, 0.15) is 36.2 Å². The van der Waals surface area contributed by atoms with Gasteiger partial charge in [0.15, 0.2) is 11.5 Å². The van der Waals surface area contributed by atoms with E-state index in [0.717, 1.165) is 6.42 Å². The molecule has 0 bridgehead atoms. The van der Waals surface area contributed by atoms with E-state index >= 15 is 0 Å². The molecule has 0 unspecified atom stereocenters. The molecule has 6 heteroatoms. The van der Waals surface area contributed by atoms with E-state index in [9.17, 15) is 9.90 Å². The Hall–Kier alpha value is -2.73. The highest BCUT2D eigenvalue weighted by molar-refractivity contribution is 5.94. The summed E-state index contributed by atoms with van der Waals surface area (Å²) in [4.78, 5) is 14.6. The van der Waals surface area contributed by atoms with E-state index < -0.39 is 12.2 Å². The zero-order chi connectivity index (χ0) is 21.1. The largest absolute Gasteiger partial charge is 0.486 e. The number of β-amino-alcohol motifs (C(OH)–C–C–N with tert-alkyl or cyclic N) is 1. The molecule has 2 aromatic rings. The first-order chi connectivity index (χ1) is 14.5. The van der Waals surface area contributed by atoms with Crippen LogP contribution in [0.5, 0.6) is 17.2 Å². The topological polar surface area (TPSA) is 68.2 Å². The fourth-order valence-electron chi connectivity index (χ4n) is 3.97. The SMILES string of the molecule is CC(C)Cc1ccc(C(=O)N2CC[C@@H](Oc3cccc4c3OCCO4)[C@H](O)C2)cc1. The van der Waals surface area contributed by atoms with Crippen LogP contribution in [0, 0.1) is 5.92 Å². The van der Waals surface area contributed by atoms with Gasteiger partial charge in [-0.2, -0.15) is 0 Å². The lowest BCUT2D eigenvalue weighted by Gasteiger charge is -2.36. The maximum Gasteiger partial charge on any atom is 0.253 e. The predicted molar refractivity (Wildman–Crippen MR) is 113 cm³/mol. The Morgan fingerprint density at radius 1 is 1.17 bits per heavy atom. The first-order valence-corrected chi connectivity index (χ1v) is 10.6. The summed E-state index contributed by atoms with van der Waals surface area (Å²) in [6.07, 6.45) is 0.360. The maximum absolute atomic E-state index is 12.9. The number of hydrogen-bond donors (Lipinski definition) is 1. The average molecular weight is 411 g/mol. The number of hydrogen-bond acceptors (Lipinski definition) is 5. The Morgan fingerprint density at radius 2 is 1.93 bits per heavy atom. The summed E-state index contributed by atoms with van der Waals surface area (Å²) in [5.74, 6) is 2.32. The van der Waals surface area contributed by atoms with Crippen LogP contribution >= 0.6 is 0 Å². The minimum atomic E-state index is -0.775. The van der Waals surface area contributed by atoms with Gasteiger partial charge in [-0.1, -0.05) is 32.0 Å². The summed E-state index contributed by atoms with van der Waals surface area (Å²) in [5, 5.41) is 10.7. The molecule has 0 saturated carbocycles. The van der Waals surface area contributed by atoms with Gasteiger partial charge < -0.3 is 24.2 Å². The molecule has 0 aliphatic carbocycles. The van der Waals surface area contributed by atoms with E-state index in [1.165, 1.54) is 5.56 Å². The molecule has 1 N–H and O–H groups in total. The third kappa shape index (κ3) is 4.54. The normalized spacial score (nSPS) is 20.9. The highest BCUT2D eigenvalue weighted by Gasteiger charge is 2.33. The van der Waals surface area contributed by atoms with Crippen molar-refractivity contribution in [3.8, 4) is 17.2 Å². The minimum Gasteiger partial charge on any atom is -0.486 e. The van der Waals surface area contributed by atoms with E-state index in [2.05, 4.69) is 13.8 Å². The third-order valence-corrected chi connectivity index (χ3v) is 5.46. The lowest BCUT2D eigenvalue weighted by Crippen LogP contribution is -2.51. The van der Waals surface area contributed by atoms with Gasteiger partial charge >= 0.3 is 0 Å². The first-order valence-electron chi connectivity index (χ1n) is 10.6. The number of carbonyl (C=O) groups excluding carboxylic acids is 1. The lowest BCUT2D eigenvalue weighted by atomic mass is 10.0. The molecule has 2 aliphatic heterocycles. The molecule has 6 nitrogen and oxygen atoms in total. The average Bonchev–Trinajstić information content (AvgIpc) is 2.75. The lowest BCUT2D eigenvalue weighted by molar-refractivity contribution is -0.0214. The molecule has 0 radical (unpaired) electrons. The number of aliphatic hydroxyl groups is 1. The second-order valence-electron chi connectivity index (χ2n) is 8.34. The van der Waals surface area contributed by atoms with E-state index in [1.54, 1.807) is 4.90 Å². The Bertz CT molecular complexity index is 880. The van der Waals surface area contributed by atoms with Crippen molar-refractivity contribution in [1.29, 1.82) is 0 Å². The zero-order valence-electron chi connectivity index (χ0n) is 17.5. The standard InChI is InChI=1S/C24H29NO5/c1-16(2)14-17-6-8-18(9-7-17)24(27)25-11-10-20(19(26)15-25)30-22-5-3-4-21-23(22)29-13-12-28-21/h3-9,16,19-20,26H,10-15H2,1-2H3/t19-,20-/m1/s1. The molecule has 1 saturated heterocycles. The predicted octanol–water partition coefficient (Wildman–Crippen LogP) is 3.31. The molecule has 2 atom stereocenters. The van der Waals surface area contributed by atoms with Crippen molar-refractivity contribution in [2.24, 2.45) is 5.92 Å². The Labute approximate surface area is 177 Å². The van der Waals surface area contributed by atoms with E-state index in [4.69, 9.17) is 14.2 Å². The van der Waals surface area contributed by atoms with Gasteiger partial charge in [-0.15, -0.1) is 0 Å². The van der Waals surface area contributed by atoms with Gasteiger partial charge in [0.05, 0.1) is 6.54 Å². The van der Waals surface area contributed by atoms with Crippen molar-refractivity contribution in [1.82, 2.24) is 4.90 Å². The monoisotopic (exact) mass is 411 g/mol. The van der Waals surface area contributed by atoms with Gasteiger partial charge in [0, 0.05) is 18.5 Å². The number of benzene rings is 2. The smallest absolute Gasteiger partial charge is 0.253 e. The fourth-order valence-corrected chi connectivity index (χ4v) is 3.97. The van der Waals surface area contributed by atoms with Crippen molar-refractivity contribution < 1.29 is 24.1 Å². The maximum atomic E-state index is 12.9. The minimum absolute atomic E-state index is 0.0579. The van der Waals surface area contributed by atoms with Crippen LogP contribution in [0.4, 0.5) is 0 Å². The molecule has 160 valence electrons. The molecule has 2 aromatic carbocycles. The van der Waals surface area contributed by atoms with Gasteiger partial charge in [-0.3, -0.25) is 4.79 Å². The highest BCUT2D eigenvalue weighted by Crippen LogP contribution is 2.40. The molecular weight excluding hydrogens is 382 g/mol. The molecular formula is C24H29NO5.